The third-order valence-electron chi connectivity index (χ3n) is 3.96. The second kappa shape index (κ2) is 6.66. The van der Waals surface area contributed by atoms with E-state index in [0.29, 0.717) is 0 Å². The Morgan fingerprint density at radius 3 is 2.87 bits per heavy atom. The molecule has 0 aliphatic carbocycles. The summed E-state index contributed by atoms with van der Waals surface area (Å²) < 4.78 is 7.14. The minimum Gasteiger partial charge on any atom is -0.497 e. The third-order valence-corrected chi connectivity index (χ3v) is 3.96. The van der Waals surface area contributed by atoms with Crippen LogP contribution < -0.4 is 10.1 Å². The number of ether oxygens (including phenoxy) is 1. The molecule has 2 N–H and O–H groups in total. The van der Waals surface area contributed by atoms with Gasteiger partial charge in [-0.2, -0.15) is 10.2 Å². The zero-order chi connectivity index (χ0) is 16.2. The standard InChI is InChI=1S/C17H21N5O/c1-12-14(10-19-22(12)2)9-18-11-15-8-17(21-20-15)13-5-4-6-16(7-13)23-3/h4-8,10,18H,9,11H2,1-3H3,(H,20,21). The Bertz CT molecular complexity index is 790. The highest BCUT2D eigenvalue weighted by Gasteiger charge is 2.06. The molecule has 0 atom stereocenters. The molecule has 6 nitrogen and oxygen atoms in total. The van der Waals surface area contributed by atoms with Crippen LogP contribution >= 0.6 is 0 Å². The Hall–Kier alpha value is -2.60. The number of hydrogen-bond donors (Lipinski definition) is 2. The minimum absolute atomic E-state index is 0.727. The smallest absolute Gasteiger partial charge is 0.119 e. The van der Waals surface area contributed by atoms with Gasteiger partial charge in [-0.15, -0.1) is 0 Å². The van der Waals surface area contributed by atoms with E-state index in [-0.39, 0.29) is 0 Å². The van der Waals surface area contributed by atoms with Crippen molar-refractivity contribution in [3.05, 3.63) is 53.5 Å². The summed E-state index contributed by atoms with van der Waals surface area (Å²) in [6.07, 6.45) is 1.90. The fourth-order valence-corrected chi connectivity index (χ4v) is 2.43. The van der Waals surface area contributed by atoms with Crippen molar-refractivity contribution in [1.29, 1.82) is 0 Å². The van der Waals surface area contributed by atoms with Gasteiger partial charge in [0.2, 0.25) is 0 Å². The number of aromatic amines is 1. The van der Waals surface area contributed by atoms with Crippen LogP contribution in [0.15, 0.2) is 36.5 Å². The number of rotatable bonds is 6. The van der Waals surface area contributed by atoms with E-state index in [1.165, 1.54) is 11.3 Å². The number of aromatic nitrogens is 4. The van der Waals surface area contributed by atoms with Crippen LogP contribution in [-0.2, 0) is 20.1 Å². The first kappa shape index (κ1) is 15.3. The van der Waals surface area contributed by atoms with Gasteiger partial charge in [-0.05, 0) is 25.1 Å². The highest BCUT2D eigenvalue weighted by atomic mass is 16.5. The van der Waals surface area contributed by atoms with E-state index in [2.05, 4.69) is 33.6 Å². The lowest BCUT2D eigenvalue weighted by atomic mass is 10.1. The Balaban J connectivity index is 1.62. The molecule has 0 radical (unpaired) electrons. The van der Waals surface area contributed by atoms with Crippen molar-refractivity contribution in [2.24, 2.45) is 7.05 Å². The van der Waals surface area contributed by atoms with Crippen molar-refractivity contribution >= 4 is 0 Å². The van der Waals surface area contributed by atoms with E-state index < -0.39 is 0 Å². The number of benzene rings is 1. The summed E-state index contributed by atoms with van der Waals surface area (Å²) in [6.45, 7) is 3.58. The van der Waals surface area contributed by atoms with Gasteiger partial charge in [0.05, 0.1) is 19.0 Å². The Morgan fingerprint density at radius 1 is 1.26 bits per heavy atom. The normalized spacial score (nSPS) is 10.9. The molecule has 0 aliphatic rings. The number of methoxy groups -OCH3 is 1. The summed E-state index contributed by atoms with van der Waals surface area (Å²) >= 11 is 0. The second-order valence-electron chi connectivity index (χ2n) is 5.49. The third kappa shape index (κ3) is 3.43. The summed E-state index contributed by atoms with van der Waals surface area (Å²) in [5.41, 5.74) is 5.39. The molecule has 1 aromatic carbocycles. The van der Waals surface area contributed by atoms with Gasteiger partial charge < -0.3 is 10.1 Å². The highest BCUT2D eigenvalue weighted by Crippen LogP contribution is 2.22. The molecule has 0 saturated heterocycles. The average molecular weight is 311 g/mol. The molecular formula is C17H21N5O. The van der Waals surface area contributed by atoms with Crippen LogP contribution in [0.2, 0.25) is 0 Å². The summed E-state index contributed by atoms with van der Waals surface area (Å²) in [7, 11) is 3.62. The van der Waals surface area contributed by atoms with Gasteiger partial charge >= 0.3 is 0 Å². The lowest BCUT2D eigenvalue weighted by molar-refractivity contribution is 0.415. The van der Waals surface area contributed by atoms with E-state index in [4.69, 9.17) is 4.74 Å². The first-order chi connectivity index (χ1) is 11.2. The molecule has 0 saturated carbocycles. The predicted molar refractivity (Wildman–Crippen MR) is 89.1 cm³/mol. The molecule has 0 spiro atoms. The van der Waals surface area contributed by atoms with Crippen molar-refractivity contribution in [3.8, 4) is 17.0 Å². The first-order valence-electron chi connectivity index (χ1n) is 7.54. The lowest BCUT2D eigenvalue weighted by Gasteiger charge is -2.02. The molecule has 0 fully saturated rings. The van der Waals surface area contributed by atoms with E-state index in [0.717, 1.165) is 35.8 Å². The van der Waals surface area contributed by atoms with Crippen molar-refractivity contribution < 1.29 is 4.74 Å². The maximum atomic E-state index is 5.25. The molecule has 0 aliphatic heterocycles. The summed E-state index contributed by atoms with van der Waals surface area (Å²) in [5.74, 6) is 0.831. The number of nitrogens with one attached hydrogen (secondary N) is 2. The van der Waals surface area contributed by atoms with Gasteiger partial charge in [0.25, 0.3) is 0 Å². The molecule has 2 heterocycles. The molecule has 3 rings (SSSR count). The van der Waals surface area contributed by atoms with Gasteiger partial charge in [-0.25, -0.2) is 0 Å². The first-order valence-corrected chi connectivity index (χ1v) is 7.54. The van der Waals surface area contributed by atoms with Gasteiger partial charge in [-0.3, -0.25) is 9.78 Å². The summed E-state index contributed by atoms with van der Waals surface area (Å²) in [4.78, 5) is 0. The predicted octanol–water partition coefficient (Wildman–Crippen LogP) is 2.42. The average Bonchev–Trinajstić information content (AvgIpc) is 3.17. The molecule has 3 aromatic rings. The van der Waals surface area contributed by atoms with E-state index in [1.54, 1.807) is 7.11 Å². The number of H-pyrrole nitrogens is 1. The largest absolute Gasteiger partial charge is 0.497 e. The Morgan fingerprint density at radius 2 is 2.13 bits per heavy atom. The van der Waals surface area contributed by atoms with Crippen LogP contribution in [0.5, 0.6) is 5.75 Å². The van der Waals surface area contributed by atoms with E-state index in [1.807, 2.05) is 42.2 Å². The number of hydrogen-bond acceptors (Lipinski definition) is 4. The van der Waals surface area contributed by atoms with Crippen LogP contribution in [0.3, 0.4) is 0 Å². The van der Waals surface area contributed by atoms with Crippen molar-refractivity contribution in [3.63, 3.8) is 0 Å². The Labute approximate surface area is 135 Å². The van der Waals surface area contributed by atoms with E-state index in [9.17, 15) is 0 Å². The maximum Gasteiger partial charge on any atom is 0.119 e. The zero-order valence-electron chi connectivity index (χ0n) is 13.6. The van der Waals surface area contributed by atoms with Crippen molar-refractivity contribution in [1.82, 2.24) is 25.3 Å². The van der Waals surface area contributed by atoms with Gasteiger partial charge in [0, 0.05) is 42.7 Å². The minimum atomic E-state index is 0.727. The van der Waals surface area contributed by atoms with Gasteiger partial charge in [0.1, 0.15) is 5.75 Å². The summed E-state index contributed by atoms with van der Waals surface area (Å²) in [5, 5.41) is 15.1. The SMILES string of the molecule is COc1cccc(-c2cc(CNCc3cnn(C)c3C)[nH]n2)c1. The van der Waals surface area contributed by atoms with Crippen LogP contribution in [0.25, 0.3) is 11.3 Å². The lowest BCUT2D eigenvalue weighted by Crippen LogP contribution is -2.13. The monoisotopic (exact) mass is 311 g/mol. The quantitative estimate of drug-likeness (QED) is 0.733. The molecule has 23 heavy (non-hydrogen) atoms. The maximum absolute atomic E-state index is 5.25. The van der Waals surface area contributed by atoms with Crippen LogP contribution in [-0.4, -0.2) is 27.1 Å². The molecule has 0 amide bonds. The highest BCUT2D eigenvalue weighted by molar-refractivity contribution is 5.61. The van der Waals surface area contributed by atoms with Gasteiger partial charge in [-0.1, -0.05) is 12.1 Å². The second-order valence-corrected chi connectivity index (χ2v) is 5.49. The van der Waals surface area contributed by atoms with Gasteiger partial charge in [0.15, 0.2) is 0 Å². The Kier molecular flexibility index (Phi) is 4.43. The fraction of sp³-hybridized carbons (Fsp3) is 0.294. The molecular weight excluding hydrogens is 290 g/mol. The zero-order valence-corrected chi connectivity index (χ0v) is 13.6. The van der Waals surface area contributed by atoms with Crippen LogP contribution in [0, 0.1) is 6.92 Å². The van der Waals surface area contributed by atoms with Crippen LogP contribution in [0.1, 0.15) is 17.0 Å². The fourth-order valence-electron chi connectivity index (χ4n) is 2.43. The molecule has 0 bridgehead atoms. The van der Waals surface area contributed by atoms with Crippen molar-refractivity contribution in [2.45, 2.75) is 20.0 Å². The molecule has 2 aromatic heterocycles. The van der Waals surface area contributed by atoms with E-state index >= 15 is 0 Å². The summed E-state index contributed by atoms with van der Waals surface area (Å²) in [6, 6.07) is 9.94. The molecule has 6 heteroatoms. The van der Waals surface area contributed by atoms with Crippen LogP contribution in [0.4, 0.5) is 0 Å². The number of aryl methyl sites for hydroxylation is 1. The van der Waals surface area contributed by atoms with Crippen molar-refractivity contribution in [2.75, 3.05) is 7.11 Å². The molecule has 0 unspecified atom stereocenters. The topological polar surface area (TPSA) is 67.8 Å². The molecule has 120 valence electrons. The number of nitrogens with zero attached hydrogens (tertiary/aromatic N) is 3.